The van der Waals surface area contributed by atoms with Crippen molar-refractivity contribution >= 4 is 5.97 Å². The van der Waals surface area contributed by atoms with Gasteiger partial charge in [-0.2, -0.15) is 0 Å². The highest BCUT2D eigenvalue weighted by molar-refractivity contribution is 5.88. The Hall–Kier alpha value is -1.31. The minimum Gasteiger partial charge on any atom is -0.466 e. The van der Waals surface area contributed by atoms with Crippen LogP contribution < -0.4 is 0 Å². The van der Waals surface area contributed by atoms with Crippen LogP contribution in [0, 0.1) is 6.92 Å². The smallest absolute Gasteiger partial charge is 0.305 e. The number of hydrogen-bond acceptors (Lipinski definition) is 2. The molecule has 0 atom stereocenters. The van der Waals surface area contributed by atoms with Gasteiger partial charge in [-0.1, -0.05) is 25.1 Å². The van der Waals surface area contributed by atoms with Crippen LogP contribution in [0.15, 0.2) is 18.2 Å². The average Bonchev–Trinajstić information content (AvgIpc) is 2.67. The van der Waals surface area contributed by atoms with Gasteiger partial charge in [0.25, 0.3) is 0 Å². The molecule has 0 amide bonds. The number of carbonyl (C=O) groups excluding carboxylic acids is 1. The van der Waals surface area contributed by atoms with Crippen LogP contribution >= 0.6 is 0 Å². The third-order valence-corrected chi connectivity index (χ3v) is 2.16. The summed E-state index contributed by atoms with van der Waals surface area (Å²) in [5.74, 6) is -0.123. The van der Waals surface area contributed by atoms with E-state index in [4.69, 9.17) is 0 Å². The van der Waals surface area contributed by atoms with Gasteiger partial charge in [-0.3, -0.25) is 4.79 Å². The highest BCUT2D eigenvalue weighted by Gasteiger charge is 2.17. The molecule has 14 heavy (non-hydrogen) atoms. The largest absolute Gasteiger partial charge is 0.466 e. The maximum absolute atomic E-state index is 10.2. The number of hydrogen-bond donors (Lipinski definition) is 0. The monoisotopic (exact) mass is 192 g/mol. The van der Waals surface area contributed by atoms with E-state index in [2.05, 4.69) is 29.9 Å². The fraction of sp³-hybridized carbons (Fsp3) is 0.417. The van der Waals surface area contributed by atoms with Crippen LogP contribution in [-0.4, -0.2) is 12.6 Å². The van der Waals surface area contributed by atoms with Crippen LogP contribution in [-0.2, 0) is 9.53 Å². The first-order valence-electron chi connectivity index (χ1n) is 4.96. The van der Waals surface area contributed by atoms with Crippen molar-refractivity contribution in [2.24, 2.45) is 0 Å². The number of ether oxygens (including phenoxy) is 1. The average molecular weight is 192 g/mol. The van der Waals surface area contributed by atoms with Gasteiger partial charge in [-0.25, -0.2) is 0 Å². The summed E-state index contributed by atoms with van der Waals surface area (Å²) in [6, 6.07) is 6.41. The molecule has 0 unspecified atom stereocenters. The van der Waals surface area contributed by atoms with Gasteiger partial charge in [0.05, 0.1) is 6.61 Å². The quantitative estimate of drug-likeness (QED) is 0.684. The summed E-state index contributed by atoms with van der Waals surface area (Å²) in [7, 11) is 0. The van der Waals surface area contributed by atoms with Crippen molar-refractivity contribution in [2.75, 3.05) is 6.61 Å². The Balaban J connectivity index is 0.000000140. The molecule has 0 aliphatic heterocycles. The molecule has 0 aromatic carbocycles. The molecule has 2 heteroatoms. The zero-order valence-corrected chi connectivity index (χ0v) is 8.96. The topological polar surface area (TPSA) is 26.3 Å². The molecule has 2 nitrogen and oxygen atoms in total. The maximum atomic E-state index is 10.2. The van der Waals surface area contributed by atoms with Crippen molar-refractivity contribution in [3.8, 4) is 11.1 Å². The summed E-state index contributed by atoms with van der Waals surface area (Å²) in [4.78, 5) is 10.2. The zero-order chi connectivity index (χ0) is 10.6. The van der Waals surface area contributed by atoms with Crippen LogP contribution in [0.2, 0.25) is 0 Å². The molecule has 0 saturated heterocycles. The van der Waals surface area contributed by atoms with E-state index in [1.54, 1.807) is 13.8 Å². The van der Waals surface area contributed by atoms with Crippen molar-refractivity contribution in [1.82, 2.24) is 0 Å². The van der Waals surface area contributed by atoms with Crippen molar-refractivity contribution < 1.29 is 9.53 Å². The molecule has 0 N–H and O–H groups in total. The number of rotatable bonds is 2. The summed E-state index contributed by atoms with van der Waals surface area (Å²) in [6.07, 6.45) is 0.480. The maximum Gasteiger partial charge on any atom is 0.305 e. The van der Waals surface area contributed by atoms with Gasteiger partial charge in [0.15, 0.2) is 0 Å². The lowest BCUT2D eigenvalue weighted by molar-refractivity contribution is -0.142. The van der Waals surface area contributed by atoms with E-state index in [1.807, 2.05) is 0 Å². The Bertz CT molecular complexity index is 309. The third-order valence-electron chi connectivity index (χ3n) is 2.16. The molecule has 2 rings (SSSR count). The molecule has 0 radical (unpaired) electrons. The summed E-state index contributed by atoms with van der Waals surface area (Å²) in [6.45, 7) is 6.23. The first kappa shape index (κ1) is 10.8. The van der Waals surface area contributed by atoms with Gasteiger partial charge in [-0.15, -0.1) is 0 Å². The Labute approximate surface area is 84.9 Å². The van der Waals surface area contributed by atoms with E-state index in [9.17, 15) is 4.79 Å². The van der Waals surface area contributed by atoms with E-state index >= 15 is 0 Å². The lowest BCUT2D eigenvalue weighted by Gasteiger charge is -1.93. The first-order chi connectivity index (χ1) is 6.70. The SMILES string of the molecule is CCOC(=O)CC.Cc1c2cccc1-2. The van der Waals surface area contributed by atoms with Gasteiger partial charge in [0.1, 0.15) is 0 Å². The minimum atomic E-state index is -0.123. The molecule has 2 aliphatic carbocycles. The van der Waals surface area contributed by atoms with Crippen molar-refractivity contribution in [2.45, 2.75) is 27.2 Å². The number of aryl methyl sites for hydroxylation is 1. The second-order valence-corrected chi connectivity index (χ2v) is 3.14. The minimum absolute atomic E-state index is 0.123. The van der Waals surface area contributed by atoms with Gasteiger partial charge in [0, 0.05) is 6.42 Å². The lowest BCUT2D eigenvalue weighted by Crippen LogP contribution is -2.00. The van der Waals surface area contributed by atoms with E-state index in [1.165, 1.54) is 16.7 Å². The molecule has 0 aromatic heterocycles. The van der Waals surface area contributed by atoms with E-state index in [0.29, 0.717) is 13.0 Å². The zero-order valence-electron chi connectivity index (χ0n) is 8.96. The summed E-state index contributed by atoms with van der Waals surface area (Å²) < 4.78 is 4.55. The molecule has 0 bridgehead atoms. The molecule has 0 heterocycles. The van der Waals surface area contributed by atoms with E-state index < -0.39 is 0 Å². The Morgan fingerprint density at radius 1 is 1.29 bits per heavy atom. The van der Waals surface area contributed by atoms with Gasteiger partial charge in [0.2, 0.25) is 0 Å². The number of benzene rings is 1. The number of fused-ring (bicyclic) bond motifs is 1. The molecule has 0 fully saturated rings. The predicted octanol–water partition coefficient (Wildman–Crippen LogP) is 2.93. The fourth-order valence-corrected chi connectivity index (χ4v) is 1.25. The molecule has 0 spiro atoms. The van der Waals surface area contributed by atoms with E-state index in [0.717, 1.165) is 0 Å². The van der Waals surface area contributed by atoms with Crippen LogP contribution in [0.4, 0.5) is 0 Å². The molecule has 2 aliphatic rings. The number of carbonyl (C=O) groups is 1. The number of esters is 1. The van der Waals surface area contributed by atoms with Crippen LogP contribution in [0.5, 0.6) is 0 Å². The summed E-state index contributed by atoms with van der Waals surface area (Å²) in [5, 5.41) is 0. The van der Waals surface area contributed by atoms with Crippen LogP contribution in [0.1, 0.15) is 25.8 Å². The van der Waals surface area contributed by atoms with Gasteiger partial charge < -0.3 is 4.74 Å². The highest BCUT2D eigenvalue weighted by Crippen LogP contribution is 2.40. The van der Waals surface area contributed by atoms with Crippen LogP contribution in [0.25, 0.3) is 11.1 Å². The van der Waals surface area contributed by atoms with Crippen molar-refractivity contribution in [3.05, 3.63) is 23.8 Å². The normalized spacial score (nSPS) is 9.93. The molecule has 0 saturated carbocycles. The Kier molecular flexibility index (Phi) is 3.69. The standard InChI is InChI=1S/C7H6.C5H10O2/c1-5-6-3-2-4-7(5)6;1-3-5(6)7-4-2/h2-4H,1H3;3-4H2,1-2H3. The fourth-order valence-electron chi connectivity index (χ4n) is 1.25. The third kappa shape index (κ3) is 2.59. The molecular formula is C12H16O2. The Morgan fingerprint density at radius 2 is 1.86 bits per heavy atom. The van der Waals surface area contributed by atoms with E-state index in [-0.39, 0.29) is 5.97 Å². The van der Waals surface area contributed by atoms with Crippen molar-refractivity contribution in [1.29, 1.82) is 0 Å². The highest BCUT2D eigenvalue weighted by atomic mass is 16.5. The predicted molar refractivity (Wildman–Crippen MR) is 57.1 cm³/mol. The molecular weight excluding hydrogens is 176 g/mol. The van der Waals surface area contributed by atoms with Gasteiger partial charge >= 0.3 is 5.97 Å². The Morgan fingerprint density at radius 3 is 2.07 bits per heavy atom. The molecule has 76 valence electrons. The second-order valence-electron chi connectivity index (χ2n) is 3.14. The van der Waals surface area contributed by atoms with Crippen molar-refractivity contribution in [3.63, 3.8) is 0 Å². The van der Waals surface area contributed by atoms with Crippen LogP contribution in [0.3, 0.4) is 0 Å². The second kappa shape index (κ2) is 4.80. The lowest BCUT2D eigenvalue weighted by atomic mass is 10.5. The van der Waals surface area contributed by atoms with Gasteiger partial charge in [-0.05, 0) is 30.5 Å². The summed E-state index contributed by atoms with van der Waals surface area (Å²) >= 11 is 0. The first-order valence-corrected chi connectivity index (χ1v) is 4.96. The molecule has 0 aromatic rings. The summed E-state index contributed by atoms with van der Waals surface area (Å²) in [5.41, 5.74) is 4.43.